The van der Waals surface area contributed by atoms with Gasteiger partial charge >= 0.3 is 0 Å². The Morgan fingerprint density at radius 1 is 1.45 bits per heavy atom. The monoisotopic (exact) mass is 151 g/mol. The molecule has 0 unspecified atom stereocenters. The van der Waals surface area contributed by atoms with E-state index in [1.54, 1.807) is 0 Å². The van der Waals surface area contributed by atoms with Crippen LogP contribution in [0.4, 0.5) is 0 Å². The number of rotatable bonds is 1. The van der Waals surface area contributed by atoms with Crippen LogP contribution in [0.25, 0.3) is 0 Å². The Labute approximate surface area is 66.6 Å². The van der Waals surface area contributed by atoms with Gasteiger partial charge in [0.25, 0.3) is 0 Å². The third kappa shape index (κ3) is 0.971. The van der Waals surface area contributed by atoms with Gasteiger partial charge in [-0.3, -0.25) is 0 Å². The molecule has 0 spiro atoms. The van der Waals surface area contributed by atoms with Gasteiger partial charge in [-0.2, -0.15) is 0 Å². The molecule has 1 saturated carbocycles. The van der Waals surface area contributed by atoms with E-state index in [4.69, 9.17) is 5.21 Å². The van der Waals surface area contributed by atoms with Gasteiger partial charge in [-0.1, -0.05) is 17.3 Å². The molecule has 0 saturated heterocycles. The van der Waals surface area contributed by atoms with Crippen LogP contribution in [0.15, 0.2) is 17.3 Å². The molecule has 2 aliphatic carbocycles. The van der Waals surface area contributed by atoms with Crippen LogP contribution in [0.2, 0.25) is 0 Å². The van der Waals surface area contributed by atoms with Gasteiger partial charge in [-0.05, 0) is 31.6 Å². The molecule has 0 heterocycles. The first-order valence-electron chi connectivity index (χ1n) is 4.18. The van der Waals surface area contributed by atoms with E-state index < -0.39 is 0 Å². The Kier molecular flexibility index (Phi) is 1.48. The first-order chi connectivity index (χ1) is 5.31. The predicted octanol–water partition coefficient (Wildman–Crippen LogP) is 2.05. The number of hydrogen-bond acceptors (Lipinski definition) is 2. The summed E-state index contributed by atoms with van der Waals surface area (Å²) in [5.41, 5.74) is 0.904. The molecule has 0 aliphatic heterocycles. The van der Waals surface area contributed by atoms with E-state index in [0.29, 0.717) is 11.8 Å². The molecule has 1 N–H and O–H groups in total. The zero-order valence-electron chi connectivity index (χ0n) is 6.70. The predicted molar refractivity (Wildman–Crippen MR) is 43.7 cm³/mol. The van der Waals surface area contributed by atoms with Crippen molar-refractivity contribution >= 4 is 5.71 Å². The van der Waals surface area contributed by atoms with Gasteiger partial charge in [0.1, 0.15) is 0 Å². The fourth-order valence-corrected chi connectivity index (χ4v) is 2.34. The maximum atomic E-state index is 8.59. The molecule has 2 bridgehead atoms. The number of allylic oxidation sites excluding steroid dienone is 2. The summed E-state index contributed by atoms with van der Waals surface area (Å²) in [4.78, 5) is 0. The summed E-state index contributed by atoms with van der Waals surface area (Å²) < 4.78 is 0. The Hall–Kier alpha value is -0.790. The lowest BCUT2D eigenvalue weighted by Gasteiger charge is -2.15. The molecule has 2 nitrogen and oxygen atoms in total. The van der Waals surface area contributed by atoms with Crippen LogP contribution in [0.5, 0.6) is 0 Å². The minimum Gasteiger partial charge on any atom is -0.411 e. The van der Waals surface area contributed by atoms with E-state index in [1.807, 2.05) is 6.92 Å². The largest absolute Gasteiger partial charge is 0.411 e. The van der Waals surface area contributed by atoms with E-state index in [1.165, 1.54) is 12.8 Å². The third-order valence-electron chi connectivity index (χ3n) is 2.97. The van der Waals surface area contributed by atoms with E-state index in [9.17, 15) is 0 Å². The Bertz CT molecular complexity index is 220. The van der Waals surface area contributed by atoms with Gasteiger partial charge in [0.05, 0.1) is 5.71 Å². The molecule has 60 valence electrons. The zero-order valence-corrected chi connectivity index (χ0v) is 6.70. The van der Waals surface area contributed by atoms with Gasteiger partial charge in [0.15, 0.2) is 0 Å². The van der Waals surface area contributed by atoms with Crippen LogP contribution < -0.4 is 0 Å². The molecular formula is C9H13NO. The van der Waals surface area contributed by atoms with E-state index in [-0.39, 0.29) is 0 Å². The van der Waals surface area contributed by atoms with Crippen molar-refractivity contribution in [2.75, 3.05) is 0 Å². The Morgan fingerprint density at radius 2 is 2.27 bits per heavy atom. The molecule has 3 atom stereocenters. The highest BCUT2D eigenvalue weighted by Gasteiger charge is 2.37. The van der Waals surface area contributed by atoms with Crippen LogP contribution >= 0.6 is 0 Å². The lowest BCUT2D eigenvalue weighted by Crippen LogP contribution is -2.15. The highest BCUT2D eigenvalue weighted by atomic mass is 16.4. The van der Waals surface area contributed by atoms with Gasteiger partial charge < -0.3 is 5.21 Å². The minimum absolute atomic E-state index is 0.523. The maximum Gasteiger partial charge on any atom is 0.0576 e. The maximum absolute atomic E-state index is 8.59. The van der Waals surface area contributed by atoms with Crippen LogP contribution in [0.3, 0.4) is 0 Å². The van der Waals surface area contributed by atoms with Crippen molar-refractivity contribution in [1.29, 1.82) is 0 Å². The van der Waals surface area contributed by atoms with Crippen LogP contribution in [-0.2, 0) is 0 Å². The Balaban J connectivity index is 2.14. The van der Waals surface area contributed by atoms with Crippen LogP contribution in [-0.4, -0.2) is 10.9 Å². The zero-order chi connectivity index (χ0) is 7.84. The molecule has 0 amide bonds. The summed E-state index contributed by atoms with van der Waals surface area (Å²) in [6.07, 6.45) is 7.04. The molecule has 2 aliphatic rings. The molecule has 0 aromatic rings. The fourth-order valence-electron chi connectivity index (χ4n) is 2.34. The van der Waals surface area contributed by atoms with Crippen molar-refractivity contribution in [1.82, 2.24) is 0 Å². The minimum atomic E-state index is 0.523. The molecule has 11 heavy (non-hydrogen) atoms. The quantitative estimate of drug-likeness (QED) is 0.264. The summed E-state index contributed by atoms with van der Waals surface area (Å²) in [6, 6.07) is 0. The fraction of sp³-hybridized carbons (Fsp3) is 0.667. The molecular weight excluding hydrogens is 138 g/mol. The van der Waals surface area contributed by atoms with Gasteiger partial charge in [-0.15, -0.1) is 0 Å². The second-order valence-corrected chi connectivity index (χ2v) is 3.63. The average molecular weight is 151 g/mol. The molecule has 2 heteroatoms. The molecule has 0 aromatic heterocycles. The van der Waals surface area contributed by atoms with Crippen LogP contribution in [0.1, 0.15) is 19.8 Å². The molecule has 0 radical (unpaired) electrons. The van der Waals surface area contributed by atoms with Crippen molar-refractivity contribution < 1.29 is 5.21 Å². The summed E-state index contributed by atoms with van der Waals surface area (Å²) in [5.74, 6) is 1.95. The topological polar surface area (TPSA) is 32.6 Å². The van der Waals surface area contributed by atoms with Crippen molar-refractivity contribution in [2.24, 2.45) is 22.9 Å². The van der Waals surface area contributed by atoms with Crippen molar-refractivity contribution in [3.63, 3.8) is 0 Å². The highest BCUT2D eigenvalue weighted by molar-refractivity contribution is 5.84. The number of nitrogens with zero attached hydrogens (tertiary/aromatic N) is 1. The van der Waals surface area contributed by atoms with E-state index in [0.717, 1.165) is 11.6 Å². The van der Waals surface area contributed by atoms with Gasteiger partial charge in [-0.25, -0.2) is 0 Å². The summed E-state index contributed by atoms with van der Waals surface area (Å²) >= 11 is 0. The molecule has 1 fully saturated rings. The normalized spacial score (nSPS) is 41.9. The standard InChI is InChI=1S/C9H13NO/c1-6(10-11)9-5-7-2-3-8(9)4-7/h2-3,7-9,11H,4-5H2,1H3/b10-6-/t7-,8-,9+/m0/s1. The first-order valence-corrected chi connectivity index (χ1v) is 4.18. The number of fused-ring (bicyclic) bond motifs is 2. The summed E-state index contributed by atoms with van der Waals surface area (Å²) in [7, 11) is 0. The number of oxime groups is 1. The number of hydrogen-bond donors (Lipinski definition) is 1. The molecule has 2 rings (SSSR count). The SMILES string of the molecule is C/C(=N/O)[C@H]1C[C@H]2C=C[C@H]1C2. The van der Waals surface area contributed by atoms with Crippen LogP contribution in [0, 0.1) is 17.8 Å². The third-order valence-corrected chi connectivity index (χ3v) is 2.97. The van der Waals surface area contributed by atoms with E-state index >= 15 is 0 Å². The lowest BCUT2D eigenvalue weighted by atomic mass is 9.90. The van der Waals surface area contributed by atoms with Crippen molar-refractivity contribution in [3.8, 4) is 0 Å². The second-order valence-electron chi connectivity index (χ2n) is 3.63. The second kappa shape index (κ2) is 2.36. The smallest absolute Gasteiger partial charge is 0.0576 e. The lowest BCUT2D eigenvalue weighted by molar-refractivity contribution is 0.312. The molecule has 0 aromatic carbocycles. The summed E-state index contributed by atoms with van der Waals surface area (Å²) in [6.45, 7) is 1.92. The van der Waals surface area contributed by atoms with Crippen molar-refractivity contribution in [2.45, 2.75) is 19.8 Å². The van der Waals surface area contributed by atoms with Crippen molar-refractivity contribution in [3.05, 3.63) is 12.2 Å². The van der Waals surface area contributed by atoms with E-state index in [2.05, 4.69) is 17.3 Å². The van der Waals surface area contributed by atoms with Gasteiger partial charge in [0.2, 0.25) is 0 Å². The van der Waals surface area contributed by atoms with Gasteiger partial charge in [0, 0.05) is 5.92 Å². The average Bonchev–Trinajstić information content (AvgIpc) is 2.62. The Morgan fingerprint density at radius 3 is 2.73 bits per heavy atom. The highest BCUT2D eigenvalue weighted by Crippen LogP contribution is 2.43. The summed E-state index contributed by atoms with van der Waals surface area (Å²) in [5, 5.41) is 11.9. The first kappa shape index (κ1) is 6.89.